The lowest BCUT2D eigenvalue weighted by molar-refractivity contribution is -0.131. The number of rotatable bonds is 17. The van der Waals surface area contributed by atoms with Gasteiger partial charge in [0, 0.05) is 94.7 Å². The van der Waals surface area contributed by atoms with Gasteiger partial charge in [-0.05, 0) is 222 Å². The van der Waals surface area contributed by atoms with Gasteiger partial charge in [-0.2, -0.15) is 0 Å². The standard InChI is InChI=1S/C31H36N2O6.C30H30N2O6.C16H21NO2/c1-19(2)8-9-23-15-25(11-13-28(23)38-21(4)34)30(35)32-26-16-24-10-12-27(20(3)29(24)39-31(26)36)37-18-22-7-6-14-33(5)17-22;1-18-26(37-23-11-13-32(2)14-12-23)9-7-20-17-25(30(35)38-28(18)20)31-29(34)21-8-10-27(36-3)24(16-21)19-5-4-6-22(33)15-19;1-12-15(19-11-13-7-8-17(2)10-13)6-5-14-4-3-9-18-16(12)14/h8,10-13,15-16,22H,6-7,9,14,17-18H2,1-5H3,(H,32,35);4-10,15-17,23,33H,11-14H2,1-3H3,(H,31,34);3-6,13H,7-11H2,1-2H3. The summed E-state index contributed by atoms with van der Waals surface area (Å²) in [4.78, 5) is 70.3. The van der Waals surface area contributed by atoms with Crippen LogP contribution in [0.25, 0.3) is 39.1 Å². The number of aryl methyl sites for hydroxylation is 2. The summed E-state index contributed by atoms with van der Waals surface area (Å²) >= 11 is 0. The number of hydrogen-bond acceptors (Lipinski definition) is 17. The lowest BCUT2D eigenvalue weighted by Gasteiger charge is -2.29. The van der Waals surface area contributed by atoms with Crippen molar-refractivity contribution in [2.24, 2.45) is 11.8 Å². The second-order valence-electron chi connectivity index (χ2n) is 25.6. The van der Waals surface area contributed by atoms with Crippen LogP contribution in [0.4, 0.5) is 11.4 Å². The Labute approximate surface area is 560 Å². The highest BCUT2D eigenvalue weighted by Gasteiger charge is 2.25. The monoisotopic (exact) mass is 1310 g/mol. The maximum atomic E-state index is 13.1. The molecule has 4 aliphatic heterocycles. The van der Waals surface area contributed by atoms with E-state index in [0.717, 1.165) is 104 Å². The molecule has 0 aliphatic carbocycles. The average Bonchev–Trinajstić information content (AvgIpc) is 0.874. The summed E-state index contributed by atoms with van der Waals surface area (Å²) in [6, 6.07) is 31.2. The number of phenols is 1. The first kappa shape index (κ1) is 69.1. The van der Waals surface area contributed by atoms with Crippen molar-refractivity contribution >= 4 is 57.2 Å². The van der Waals surface area contributed by atoms with E-state index < -0.39 is 29.0 Å². The molecule has 96 heavy (non-hydrogen) atoms. The molecule has 2 amide bonds. The highest BCUT2D eigenvalue weighted by Crippen LogP contribution is 2.37. The smallest absolute Gasteiger partial charge is 0.360 e. The number of phenolic OH excluding ortho intramolecular Hbond substituents is 1. The number of fused-ring (bicyclic) bond motifs is 3. The second-order valence-corrected chi connectivity index (χ2v) is 25.6. The van der Waals surface area contributed by atoms with Gasteiger partial charge in [0.2, 0.25) is 0 Å². The van der Waals surface area contributed by atoms with Gasteiger partial charge in [-0.25, -0.2) is 9.59 Å². The summed E-state index contributed by atoms with van der Waals surface area (Å²) in [5.41, 5.74) is 7.19. The first-order chi connectivity index (χ1) is 46.2. The molecule has 6 heterocycles. The number of aromatic hydroxyl groups is 1. The SMILES string of the molecule is CC(=O)Oc1ccc(C(=O)Nc2cc3ccc(OCC4CCCN(C)C4)c(C)c3oc2=O)cc1CC=C(C)C.COc1ccc(C(=O)Nc2cc3ccc(OC4CCN(C)CC4)c(C)c3oc2=O)cc1-c1cccc(O)c1.Cc1c(OCC2CCN(C)C2)ccc2c1OCC=C2. The molecular formula is C77H87N5O14. The van der Waals surface area contributed by atoms with Crippen LogP contribution in [0.1, 0.15) is 101 Å². The Morgan fingerprint density at radius 3 is 1.80 bits per heavy atom. The van der Waals surface area contributed by atoms with Crippen LogP contribution in [0, 0.1) is 32.6 Å². The molecule has 19 nitrogen and oxygen atoms in total. The van der Waals surface area contributed by atoms with Crippen LogP contribution in [-0.2, 0) is 11.2 Å². The highest BCUT2D eigenvalue weighted by molar-refractivity contribution is 6.06. The number of carbonyl (C=O) groups is 3. The third kappa shape index (κ3) is 17.6. The highest BCUT2D eigenvalue weighted by atomic mass is 16.5. The third-order valence-corrected chi connectivity index (χ3v) is 17.8. The van der Waals surface area contributed by atoms with Crippen molar-refractivity contribution in [2.45, 2.75) is 86.2 Å². The Bertz CT molecular complexity index is 4330. The van der Waals surface area contributed by atoms with Crippen LogP contribution in [-0.4, -0.2) is 131 Å². The van der Waals surface area contributed by atoms with E-state index in [-0.39, 0.29) is 23.2 Å². The Balaban J connectivity index is 0.000000165. The fourth-order valence-corrected chi connectivity index (χ4v) is 12.4. The van der Waals surface area contributed by atoms with Gasteiger partial charge in [0.25, 0.3) is 11.8 Å². The van der Waals surface area contributed by atoms with Crippen LogP contribution in [0.3, 0.4) is 0 Å². The van der Waals surface area contributed by atoms with Crippen molar-refractivity contribution in [1.29, 1.82) is 0 Å². The van der Waals surface area contributed by atoms with Gasteiger partial charge in [-0.1, -0.05) is 29.9 Å². The molecular weight excluding hydrogens is 1220 g/mol. The van der Waals surface area contributed by atoms with Gasteiger partial charge < -0.3 is 67.7 Å². The van der Waals surface area contributed by atoms with Crippen molar-refractivity contribution in [2.75, 3.05) is 98.0 Å². The van der Waals surface area contributed by atoms with Crippen molar-refractivity contribution in [3.05, 3.63) is 187 Å². The number of allylic oxidation sites excluding steroid dienone is 2. The minimum absolute atomic E-state index is 0.0422. The molecule has 504 valence electrons. The zero-order valence-corrected chi connectivity index (χ0v) is 56.6. The fourth-order valence-electron chi connectivity index (χ4n) is 12.4. The molecule has 3 N–H and O–H groups in total. The maximum Gasteiger partial charge on any atom is 0.360 e. The normalized spacial score (nSPS) is 16.4. The molecule has 12 rings (SSSR count). The first-order valence-corrected chi connectivity index (χ1v) is 32.8. The number of nitrogens with zero attached hydrogens (tertiary/aromatic N) is 3. The lowest BCUT2D eigenvalue weighted by Crippen LogP contribution is -2.35. The number of anilines is 2. The van der Waals surface area contributed by atoms with Crippen LogP contribution in [0.2, 0.25) is 0 Å². The number of amides is 2. The molecule has 2 aromatic heterocycles. The Morgan fingerprint density at radius 1 is 0.625 bits per heavy atom. The van der Waals surface area contributed by atoms with Crippen molar-refractivity contribution in [3.8, 4) is 51.4 Å². The lowest BCUT2D eigenvalue weighted by atomic mass is 9.99. The summed E-state index contributed by atoms with van der Waals surface area (Å²) in [5, 5.41) is 16.6. The van der Waals surface area contributed by atoms with E-state index >= 15 is 0 Å². The Morgan fingerprint density at radius 2 is 1.20 bits per heavy atom. The quantitative estimate of drug-likeness (QED) is 0.0334. The molecule has 0 radical (unpaired) electrons. The van der Waals surface area contributed by atoms with Crippen LogP contribution in [0.5, 0.6) is 40.2 Å². The van der Waals surface area contributed by atoms with Crippen molar-refractivity contribution < 1.29 is 56.7 Å². The third-order valence-electron chi connectivity index (χ3n) is 17.8. The number of nitrogens with one attached hydrogen (secondary N) is 2. The summed E-state index contributed by atoms with van der Waals surface area (Å²) < 4.78 is 46.1. The molecule has 0 bridgehead atoms. The number of piperidine rings is 2. The van der Waals surface area contributed by atoms with Crippen LogP contribution < -0.4 is 50.3 Å². The van der Waals surface area contributed by atoms with Gasteiger partial charge in [-0.3, -0.25) is 14.4 Å². The molecule has 2 unspecified atom stereocenters. The summed E-state index contributed by atoms with van der Waals surface area (Å²) in [6.45, 7) is 19.6. The van der Waals surface area contributed by atoms with Gasteiger partial charge in [0.05, 0.1) is 20.3 Å². The summed E-state index contributed by atoms with van der Waals surface area (Å²) in [7, 11) is 7.93. The molecule has 2 atom stereocenters. The molecule has 0 saturated carbocycles. The van der Waals surface area contributed by atoms with E-state index in [4.69, 9.17) is 37.3 Å². The molecule has 19 heteroatoms. The number of likely N-dealkylation sites (tertiary alicyclic amines) is 3. The van der Waals surface area contributed by atoms with E-state index in [9.17, 15) is 29.1 Å². The van der Waals surface area contributed by atoms with Crippen molar-refractivity contribution in [1.82, 2.24) is 14.7 Å². The topological polar surface area (TPSA) is 221 Å². The fraction of sp³-hybridized carbons (Fsp3) is 0.364. The molecule has 4 aliphatic rings. The van der Waals surface area contributed by atoms with Gasteiger partial charge in [-0.15, -0.1) is 0 Å². The Kier molecular flexibility index (Phi) is 22.8. The van der Waals surface area contributed by atoms with Gasteiger partial charge >= 0.3 is 17.2 Å². The molecule has 6 aromatic carbocycles. The number of hydrogen-bond donors (Lipinski definition) is 3. The molecule has 3 fully saturated rings. The van der Waals surface area contributed by atoms with Crippen LogP contribution >= 0.6 is 0 Å². The van der Waals surface area contributed by atoms with Crippen LogP contribution in [0.15, 0.2) is 145 Å². The molecule has 8 aromatic rings. The average molecular weight is 1310 g/mol. The predicted octanol–water partition coefficient (Wildman–Crippen LogP) is 13.4. The van der Waals surface area contributed by atoms with Crippen molar-refractivity contribution in [3.63, 3.8) is 0 Å². The number of esters is 1. The second kappa shape index (κ2) is 31.7. The first-order valence-electron chi connectivity index (χ1n) is 32.8. The number of methoxy groups -OCH3 is 1. The van der Waals surface area contributed by atoms with Gasteiger partial charge in [0.1, 0.15) is 75.5 Å². The zero-order valence-electron chi connectivity index (χ0n) is 56.6. The number of ether oxygens (including phenoxy) is 6. The Hall–Kier alpha value is -9.69. The van der Waals surface area contributed by atoms with E-state index in [1.807, 2.05) is 70.2 Å². The molecule has 0 spiro atoms. The van der Waals surface area contributed by atoms with E-state index in [2.05, 4.69) is 71.6 Å². The summed E-state index contributed by atoms with van der Waals surface area (Å²) in [6.07, 6.45) is 12.2. The van der Waals surface area contributed by atoms with E-state index in [0.29, 0.717) is 104 Å². The largest absolute Gasteiger partial charge is 0.508 e. The van der Waals surface area contributed by atoms with Gasteiger partial charge in [0.15, 0.2) is 0 Å². The maximum absolute atomic E-state index is 13.1. The molecule has 3 saturated heterocycles. The van der Waals surface area contributed by atoms with E-state index in [1.165, 1.54) is 27.0 Å². The zero-order chi connectivity index (χ0) is 68.2. The number of benzene rings is 6. The number of carbonyl (C=O) groups excluding carboxylic acids is 3. The minimum Gasteiger partial charge on any atom is -0.508 e. The minimum atomic E-state index is -0.647. The predicted molar refractivity (Wildman–Crippen MR) is 375 cm³/mol. The van der Waals surface area contributed by atoms with E-state index in [1.54, 1.807) is 66.7 Å². The summed E-state index contributed by atoms with van der Waals surface area (Å²) in [5.74, 6) is 4.10.